The number of anilines is 1. The average molecular weight is 354 g/mol. The van der Waals surface area contributed by atoms with E-state index in [0.717, 1.165) is 18.5 Å². The van der Waals surface area contributed by atoms with E-state index in [2.05, 4.69) is 5.32 Å². The summed E-state index contributed by atoms with van der Waals surface area (Å²) in [6.45, 7) is 0.604. The topological polar surface area (TPSA) is 77.1 Å². The molecule has 3 unspecified atom stereocenters. The molecule has 6 rings (SSSR count). The maximum atomic E-state index is 13.2. The summed E-state index contributed by atoms with van der Waals surface area (Å²) >= 11 is 0. The van der Waals surface area contributed by atoms with E-state index in [4.69, 9.17) is 14.2 Å². The van der Waals surface area contributed by atoms with Gasteiger partial charge in [-0.25, -0.2) is 0 Å². The van der Waals surface area contributed by atoms with Crippen molar-refractivity contribution in [2.24, 2.45) is 11.8 Å². The van der Waals surface area contributed by atoms with Crippen molar-refractivity contribution in [2.75, 3.05) is 18.2 Å². The van der Waals surface area contributed by atoms with Crippen LogP contribution < -0.4 is 19.7 Å². The second-order valence-corrected chi connectivity index (χ2v) is 7.64. The number of nitrogens with one attached hydrogen (secondary N) is 1. The molecule has 7 heteroatoms. The van der Waals surface area contributed by atoms with Crippen molar-refractivity contribution in [1.29, 1.82) is 0 Å². The summed E-state index contributed by atoms with van der Waals surface area (Å²) < 4.78 is 16.9. The molecular formula is C19H18N2O5. The second-order valence-electron chi connectivity index (χ2n) is 7.64. The van der Waals surface area contributed by atoms with Gasteiger partial charge in [-0.2, -0.15) is 0 Å². The Morgan fingerprint density at radius 1 is 1.23 bits per heavy atom. The number of carbonyl (C=O) groups is 2. The maximum Gasteiger partial charge on any atom is 0.234 e. The van der Waals surface area contributed by atoms with E-state index in [1.165, 1.54) is 0 Å². The van der Waals surface area contributed by atoms with Crippen molar-refractivity contribution in [3.63, 3.8) is 0 Å². The van der Waals surface area contributed by atoms with Crippen LogP contribution >= 0.6 is 0 Å². The minimum atomic E-state index is -0.705. The molecule has 26 heavy (non-hydrogen) atoms. The van der Waals surface area contributed by atoms with Crippen LogP contribution in [-0.4, -0.2) is 42.9 Å². The molecule has 4 heterocycles. The van der Waals surface area contributed by atoms with Gasteiger partial charge >= 0.3 is 0 Å². The standard InChI is InChI=1S/C19H18N2O5/c22-17(20-10-1-2-10)15-13-5-6-19(26-13)8-21(18(23)16(15)19)11-3-4-12-14(7-11)25-9-24-12/h3-7,10,13,15-16H,1-2,8-9H2,(H,20,22)/t13?,15?,16?,19-/m0/s1. The molecule has 3 fully saturated rings. The van der Waals surface area contributed by atoms with E-state index < -0.39 is 17.4 Å². The van der Waals surface area contributed by atoms with Crippen molar-refractivity contribution in [2.45, 2.75) is 30.6 Å². The number of nitrogens with zero attached hydrogens (tertiary/aromatic N) is 1. The van der Waals surface area contributed by atoms with E-state index >= 15 is 0 Å². The first-order valence-corrected chi connectivity index (χ1v) is 9.03. The SMILES string of the molecule is O=C(NC1CC1)C1C2C=C[C@@]3(CN(c4ccc5c(c4)OCO5)C(=O)C13)O2. The Morgan fingerprint density at radius 2 is 2.08 bits per heavy atom. The molecule has 1 aromatic carbocycles. The predicted molar refractivity (Wildman–Crippen MR) is 89.8 cm³/mol. The molecule has 134 valence electrons. The summed E-state index contributed by atoms with van der Waals surface area (Å²) in [7, 11) is 0. The summed E-state index contributed by atoms with van der Waals surface area (Å²) in [5.41, 5.74) is 0.0359. The molecule has 0 aromatic heterocycles. The lowest BCUT2D eigenvalue weighted by Gasteiger charge is -2.23. The van der Waals surface area contributed by atoms with Gasteiger partial charge < -0.3 is 24.4 Å². The number of carbonyl (C=O) groups excluding carboxylic acids is 2. The van der Waals surface area contributed by atoms with Gasteiger partial charge in [0.1, 0.15) is 5.60 Å². The zero-order valence-electron chi connectivity index (χ0n) is 14.0. The second kappa shape index (κ2) is 4.79. The Morgan fingerprint density at radius 3 is 2.92 bits per heavy atom. The first kappa shape index (κ1) is 14.6. The normalized spacial score (nSPS) is 35.9. The molecule has 1 N–H and O–H groups in total. The fraction of sp³-hybridized carbons (Fsp3) is 0.474. The molecule has 1 saturated carbocycles. The molecule has 4 atom stereocenters. The van der Waals surface area contributed by atoms with Crippen LogP contribution in [0.1, 0.15) is 12.8 Å². The fourth-order valence-electron chi connectivity index (χ4n) is 4.59. The van der Waals surface area contributed by atoms with E-state index in [-0.39, 0.29) is 30.8 Å². The molecule has 0 radical (unpaired) electrons. The number of ether oxygens (including phenoxy) is 3. The van der Waals surface area contributed by atoms with Crippen LogP contribution in [0.15, 0.2) is 30.4 Å². The van der Waals surface area contributed by atoms with E-state index in [1.54, 1.807) is 4.90 Å². The minimum absolute atomic E-state index is 0.0605. The van der Waals surface area contributed by atoms with Crippen LogP contribution in [0.25, 0.3) is 0 Å². The highest BCUT2D eigenvalue weighted by Crippen LogP contribution is 2.53. The number of fused-ring (bicyclic) bond motifs is 2. The van der Waals surface area contributed by atoms with Gasteiger partial charge in [-0.15, -0.1) is 0 Å². The van der Waals surface area contributed by atoms with E-state index in [0.29, 0.717) is 18.0 Å². The van der Waals surface area contributed by atoms with Crippen LogP contribution in [0.4, 0.5) is 5.69 Å². The largest absolute Gasteiger partial charge is 0.454 e. The molecular weight excluding hydrogens is 336 g/mol. The third-order valence-corrected chi connectivity index (χ3v) is 5.99. The Bertz CT molecular complexity index is 863. The number of benzene rings is 1. The molecule has 2 amide bonds. The van der Waals surface area contributed by atoms with Crippen LogP contribution in [0, 0.1) is 11.8 Å². The first-order valence-electron chi connectivity index (χ1n) is 9.03. The highest BCUT2D eigenvalue weighted by Gasteiger charge is 2.67. The van der Waals surface area contributed by atoms with Gasteiger partial charge in [-0.3, -0.25) is 9.59 Å². The molecule has 2 saturated heterocycles. The van der Waals surface area contributed by atoms with Gasteiger partial charge in [0.2, 0.25) is 18.6 Å². The quantitative estimate of drug-likeness (QED) is 0.819. The van der Waals surface area contributed by atoms with Gasteiger partial charge in [-0.05, 0) is 25.0 Å². The molecule has 1 aliphatic carbocycles. The Labute approximate surface area is 149 Å². The van der Waals surface area contributed by atoms with Gasteiger partial charge in [0.15, 0.2) is 11.5 Å². The van der Waals surface area contributed by atoms with Gasteiger partial charge in [0.05, 0.1) is 24.5 Å². The Hall–Kier alpha value is -2.54. The maximum absolute atomic E-state index is 13.2. The molecule has 2 bridgehead atoms. The predicted octanol–water partition coefficient (Wildman–Crippen LogP) is 0.980. The lowest BCUT2D eigenvalue weighted by Crippen LogP contribution is -2.44. The van der Waals surface area contributed by atoms with Crippen LogP contribution in [0.2, 0.25) is 0 Å². The van der Waals surface area contributed by atoms with Gasteiger partial charge in [0, 0.05) is 17.8 Å². The van der Waals surface area contributed by atoms with Crippen molar-refractivity contribution in [1.82, 2.24) is 5.32 Å². The summed E-state index contributed by atoms with van der Waals surface area (Å²) in [4.78, 5) is 27.7. The first-order chi connectivity index (χ1) is 12.6. The molecule has 1 spiro atoms. The lowest BCUT2D eigenvalue weighted by atomic mass is 9.77. The Balaban J connectivity index is 1.33. The molecule has 7 nitrogen and oxygen atoms in total. The monoisotopic (exact) mass is 354 g/mol. The third kappa shape index (κ3) is 1.86. The highest BCUT2D eigenvalue weighted by atomic mass is 16.7. The summed E-state index contributed by atoms with van der Waals surface area (Å²) in [6.07, 6.45) is 5.64. The zero-order valence-corrected chi connectivity index (χ0v) is 14.0. The average Bonchev–Trinajstić information content (AvgIpc) is 3.02. The van der Waals surface area contributed by atoms with Crippen molar-refractivity contribution < 1.29 is 23.8 Å². The highest BCUT2D eigenvalue weighted by molar-refractivity contribution is 6.03. The smallest absolute Gasteiger partial charge is 0.234 e. The van der Waals surface area contributed by atoms with E-state index in [9.17, 15) is 9.59 Å². The van der Waals surface area contributed by atoms with Crippen molar-refractivity contribution in [3.8, 4) is 11.5 Å². The van der Waals surface area contributed by atoms with E-state index in [1.807, 2.05) is 30.4 Å². The lowest BCUT2D eigenvalue weighted by molar-refractivity contribution is -0.132. The number of rotatable bonds is 3. The molecule has 5 aliphatic rings. The third-order valence-electron chi connectivity index (χ3n) is 5.99. The van der Waals surface area contributed by atoms with Crippen LogP contribution in [0.3, 0.4) is 0 Å². The summed E-state index contributed by atoms with van der Waals surface area (Å²) in [5, 5.41) is 3.04. The van der Waals surface area contributed by atoms with Crippen LogP contribution in [0.5, 0.6) is 11.5 Å². The number of hydrogen-bond donors (Lipinski definition) is 1. The Kier molecular flexibility index (Phi) is 2.69. The molecule has 4 aliphatic heterocycles. The number of amides is 2. The van der Waals surface area contributed by atoms with Gasteiger partial charge in [0.25, 0.3) is 0 Å². The minimum Gasteiger partial charge on any atom is -0.454 e. The van der Waals surface area contributed by atoms with Gasteiger partial charge in [-0.1, -0.05) is 12.2 Å². The molecule has 1 aromatic rings. The van der Waals surface area contributed by atoms with Crippen molar-refractivity contribution >= 4 is 17.5 Å². The fourth-order valence-corrected chi connectivity index (χ4v) is 4.59. The number of hydrogen-bond acceptors (Lipinski definition) is 5. The van der Waals surface area contributed by atoms with Crippen LogP contribution in [-0.2, 0) is 14.3 Å². The summed E-state index contributed by atoms with van der Waals surface area (Å²) in [6, 6.07) is 5.73. The zero-order chi connectivity index (χ0) is 17.5. The van der Waals surface area contributed by atoms with Crippen molar-refractivity contribution in [3.05, 3.63) is 30.4 Å². The summed E-state index contributed by atoms with van der Waals surface area (Å²) in [5.74, 6) is 0.265.